The number of hydrogen-bond acceptors (Lipinski definition) is 5. The lowest BCUT2D eigenvalue weighted by atomic mass is 10.2. The predicted molar refractivity (Wildman–Crippen MR) is 52.2 cm³/mol. The zero-order chi connectivity index (χ0) is 11.8. The molecule has 0 spiro atoms. The van der Waals surface area contributed by atoms with Crippen LogP contribution < -0.4 is 0 Å². The van der Waals surface area contributed by atoms with E-state index < -0.39 is 12.0 Å². The minimum absolute atomic E-state index is 0.0459. The van der Waals surface area contributed by atoms with Crippen LogP contribution in [0.1, 0.15) is 6.92 Å². The minimum atomic E-state index is -0.570. The van der Waals surface area contributed by atoms with Gasteiger partial charge in [-0.1, -0.05) is 6.92 Å². The van der Waals surface area contributed by atoms with E-state index in [2.05, 4.69) is 9.47 Å². The summed E-state index contributed by atoms with van der Waals surface area (Å²) in [4.78, 5) is 23.5. The topological polar surface area (TPSA) is 76.1 Å². The van der Waals surface area contributed by atoms with Crippen molar-refractivity contribution in [3.63, 3.8) is 0 Å². The number of hydrogen-bond donors (Lipinski definition) is 1. The van der Waals surface area contributed by atoms with E-state index in [0.717, 1.165) is 0 Å². The summed E-state index contributed by atoms with van der Waals surface area (Å²) in [6.07, 6.45) is -0.570. The Morgan fingerprint density at radius 2 is 2.07 bits per heavy atom. The Morgan fingerprint density at radius 1 is 1.47 bits per heavy atom. The monoisotopic (exact) mass is 219 g/mol. The third kappa shape index (κ3) is 5.21. The Balaban J connectivity index is 3.95. The largest absolute Gasteiger partial charge is 0.469 e. The van der Waals surface area contributed by atoms with Crippen molar-refractivity contribution < 1.29 is 24.2 Å². The molecule has 1 N–H and O–H groups in total. The van der Waals surface area contributed by atoms with Crippen molar-refractivity contribution in [1.82, 2.24) is 4.90 Å². The average Bonchev–Trinajstić information content (AvgIpc) is 2.24. The number of carbonyl (C=O) groups is 2. The predicted octanol–water partition coefficient (Wildman–Crippen LogP) is -0.144. The molecule has 1 unspecified atom stereocenters. The summed E-state index contributed by atoms with van der Waals surface area (Å²) in [5.41, 5.74) is 0. The second-order valence-electron chi connectivity index (χ2n) is 3.14. The molecule has 0 fully saturated rings. The maximum atomic E-state index is 11.2. The van der Waals surface area contributed by atoms with Gasteiger partial charge in [-0.15, -0.1) is 0 Å². The molecular weight excluding hydrogens is 202 g/mol. The first-order valence-electron chi connectivity index (χ1n) is 4.59. The molecule has 1 amide bonds. The molecule has 0 heterocycles. The fourth-order valence-electron chi connectivity index (χ4n) is 1.00. The Labute approximate surface area is 88.8 Å². The Morgan fingerprint density at radius 3 is 2.53 bits per heavy atom. The average molecular weight is 219 g/mol. The Bertz CT molecular complexity index is 219. The number of ether oxygens (including phenoxy) is 2. The van der Waals surface area contributed by atoms with Crippen molar-refractivity contribution >= 4 is 12.1 Å². The van der Waals surface area contributed by atoms with Crippen LogP contribution in [0.15, 0.2) is 0 Å². The van der Waals surface area contributed by atoms with Gasteiger partial charge in [0.15, 0.2) is 0 Å². The molecule has 0 aliphatic rings. The van der Waals surface area contributed by atoms with Gasteiger partial charge in [0.1, 0.15) is 6.61 Å². The van der Waals surface area contributed by atoms with Crippen LogP contribution in [0.5, 0.6) is 0 Å². The molecule has 0 aromatic heterocycles. The highest BCUT2D eigenvalue weighted by molar-refractivity contribution is 5.73. The number of carbonyl (C=O) groups excluding carboxylic acids is 2. The molecule has 0 radical (unpaired) electrons. The normalized spacial score (nSPS) is 11.7. The van der Waals surface area contributed by atoms with Crippen LogP contribution >= 0.6 is 0 Å². The van der Waals surface area contributed by atoms with E-state index in [4.69, 9.17) is 5.11 Å². The number of amides is 1. The second-order valence-corrected chi connectivity index (χ2v) is 3.14. The van der Waals surface area contributed by atoms with Gasteiger partial charge in [0, 0.05) is 13.6 Å². The summed E-state index contributed by atoms with van der Waals surface area (Å²) in [7, 11) is 2.81. The lowest BCUT2D eigenvalue weighted by Gasteiger charge is -2.19. The lowest BCUT2D eigenvalue weighted by molar-refractivity contribution is -0.145. The van der Waals surface area contributed by atoms with Crippen molar-refractivity contribution in [3.8, 4) is 0 Å². The Kier molecular flexibility index (Phi) is 6.44. The van der Waals surface area contributed by atoms with Gasteiger partial charge in [0.05, 0.1) is 19.6 Å². The molecule has 1 atom stereocenters. The molecule has 0 rings (SSSR count). The standard InChI is InChI=1S/C9H17NO5/c1-7(8(12)14-3)6-10(2)9(13)15-5-4-11/h7,11H,4-6H2,1-3H3. The summed E-state index contributed by atoms with van der Waals surface area (Å²) in [6, 6.07) is 0. The quantitative estimate of drug-likeness (QED) is 0.651. The van der Waals surface area contributed by atoms with Gasteiger partial charge in [-0.05, 0) is 0 Å². The fourth-order valence-corrected chi connectivity index (χ4v) is 1.00. The first kappa shape index (κ1) is 13.7. The highest BCUT2D eigenvalue weighted by Gasteiger charge is 2.19. The number of rotatable bonds is 5. The molecule has 0 aromatic carbocycles. The molecule has 0 saturated heterocycles. The summed E-state index contributed by atoms with van der Waals surface area (Å²) in [5, 5.41) is 8.44. The first-order valence-corrected chi connectivity index (χ1v) is 4.59. The molecule has 0 aromatic rings. The van der Waals surface area contributed by atoms with Crippen LogP contribution in [0.3, 0.4) is 0 Å². The van der Waals surface area contributed by atoms with E-state index in [1.165, 1.54) is 19.1 Å². The second kappa shape index (κ2) is 7.05. The highest BCUT2D eigenvalue weighted by atomic mass is 16.6. The minimum Gasteiger partial charge on any atom is -0.469 e. The molecular formula is C9H17NO5. The van der Waals surface area contributed by atoms with Crippen LogP contribution in [0.25, 0.3) is 0 Å². The first-order chi connectivity index (χ1) is 7.02. The van der Waals surface area contributed by atoms with E-state index in [9.17, 15) is 9.59 Å². The maximum absolute atomic E-state index is 11.2. The van der Waals surface area contributed by atoms with E-state index in [-0.39, 0.29) is 25.7 Å². The third-order valence-electron chi connectivity index (χ3n) is 1.78. The summed E-state index contributed by atoms with van der Waals surface area (Å²) < 4.78 is 9.17. The van der Waals surface area contributed by atoms with Crippen molar-refractivity contribution in [3.05, 3.63) is 0 Å². The van der Waals surface area contributed by atoms with E-state index in [1.807, 2.05) is 0 Å². The fraction of sp³-hybridized carbons (Fsp3) is 0.778. The van der Waals surface area contributed by atoms with E-state index in [0.29, 0.717) is 0 Å². The van der Waals surface area contributed by atoms with Gasteiger partial charge in [0.2, 0.25) is 0 Å². The van der Waals surface area contributed by atoms with Gasteiger partial charge in [-0.25, -0.2) is 4.79 Å². The van der Waals surface area contributed by atoms with Crippen molar-refractivity contribution in [2.75, 3.05) is 33.9 Å². The Hall–Kier alpha value is -1.30. The molecule has 15 heavy (non-hydrogen) atoms. The number of nitrogens with zero attached hydrogens (tertiary/aromatic N) is 1. The van der Waals surface area contributed by atoms with Crippen LogP contribution in [0.4, 0.5) is 4.79 Å². The van der Waals surface area contributed by atoms with E-state index >= 15 is 0 Å². The van der Waals surface area contributed by atoms with Crippen LogP contribution in [-0.4, -0.2) is 56.0 Å². The molecule has 0 bridgehead atoms. The molecule has 88 valence electrons. The van der Waals surface area contributed by atoms with Crippen LogP contribution in [0.2, 0.25) is 0 Å². The molecule has 0 saturated carbocycles. The molecule has 6 heteroatoms. The summed E-state index contributed by atoms with van der Waals surface area (Å²) >= 11 is 0. The smallest absolute Gasteiger partial charge is 0.409 e. The maximum Gasteiger partial charge on any atom is 0.409 e. The molecule has 6 nitrogen and oxygen atoms in total. The number of aliphatic hydroxyl groups excluding tert-OH is 1. The van der Waals surface area contributed by atoms with Gasteiger partial charge in [-0.3, -0.25) is 4.79 Å². The van der Waals surface area contributed by atoms with Gasteiger partial charge < -0.3 is 19.5 Å². The summed E-state index contributed by atoms with van der Waals surface area (Å²) in [6.45, 7) is 1.61. The lowest BCUT2D eigenvalue weighted by Crippen LogP contribution is -2.34. The molecule has 0 aliphatic heterocycles. The van der Waals surface area contributed by atoms with Gasteiger partial charge in [0.25, 0.3) is 0 Å². The van der Waals surface area contributed by atoms with E-state index in [1.54, 1.807) is 6.92 Å². The van der Waals surface area contributed by atoms with Crippen molar-refractivity contribution in [1.29, 1.82) is 0 Å². The third-order valence-corrected chi connectivity index (χ3v) is 1.78. The van der Waals surface area contributed by atoms with Gasteiger partial charge in [-0.2, -0.15) is 0 Å². The molecule has 0 aliphatic carbocycles. The van der Waals surface area contributed by atoms with Crippen molar-refractivity contribution in [2.45, 2.75) is 6.92 Å². The SMILES string of the molecule is COC(=O)C(C)CN(C)C(=O)OCCO. The number of methoxy groups -OCH3 is 1. The van der Waals surface area contributed by atoms with Crippen molar-refractivity contribution in [2.24, 2.45) is 5.92 Å². The summed E-state index contributed by atoms with van der Waals surface area (Å²) in [5.74, 6) is -0.779. The van der Waals surface area contributed by atoms with Crippen LogP contribution in [-0.2, 0) is 14.3 Å². The zero-order valence-corrected chi connectivity index (χ0v) is 9.23. The zero-order valence-electron chi connectivity index (χ0n) is 9.23. The van der Waals surface area contributed by atoms with Crippen LogP contribution in [0, 0.1) is 5.92 Å². The van der Waals surface area contributed by atoms with Gasteiger partial charge >= 0.3 is 12.1 Å². The highest BCUT2D eigenvalue weighted by Crippen LogP contribution is 2.01. The number of esters is 1. The number of aliphatic hydroxyl groups is 1.